The molecule has 0 atom stereocenters. The molecule has 1 aromatic carbocycles. The van der Waals surface area contributed by atoms with Crippen LogP contribution in [0.3, 0.4) is 0 Å². The molecule has 0 aliphatic rings. The number of rotatable bonds is 5. The Morgan fingerprint density at radius 1 is 1.14 bits per heavy atom. The molecule has 0 fully saturated rings. The predicted molar refractivity (Wildman–Crippen MR) is 79.4 cm³/mol. The van der Waals surface area contributed by atoms with Crippen molar-refractivity contribution < 1.29 is 14.7 Å². The van der Waals surface area contributed by atoms with Gasteiger partial charge in [0.2, 0.25) is 5.91 Å². The van der Waals surface area contributed by atoms with Crippen LogP contribution in [0, 0.1) is 0 Å². The highest BCUT2D eigenvalue weighted by Crippen LogP contribution is 2.18. The molecule has 0 aliphatic carbocycles. The molecule has 0 unspecified atom stereocenters. The number of carboxylic acid groups (broad SMARTS) is 1. The van der Waals surface area contributed by atoms with Gasteiger partial charge >= 0.3 is 5.97 Å². The molecule has 0 aliphatic heterocycles. The summed E-state index contributed by atoms with van der Waals surface area (Å²) < 4.78 is 0. The summed E-state index contributed by atoms with van der Waals surface area (Å²) in [5.41, 5.74) is 1.08. The molecule has 6 heteroatoms. The summed E-state index contributed by atoms with van der Waals surface area (Å²) in [6, 6.07) is 11.7. The van der Waals surface area contributed by atoms with Crippen molar-refractivity contribution >= 4 is 29.2 Å². The summed E-state index contributed by atoms with van der Waals surface area (Å²) in [6.07, 6.45) is 1.63. The van der Waals surface area contributed by atoms with Crippen LogP contribution in [0.1, 0.15) is 5.69 Å². The molecule has 0 bridgehead atoms. The molecule has 1 amide bonds. The first-order valence-corrected chi connectivity index (χ1v) is 6.61. The Kier molecular flexibility index (Phi) is 4.90. The van der Waals surface area contributed by atoms with Crippen LogP contribution >= 0.6 is 11.6 Å². The molecule has 2 aromatic rings. The van der Waals surface area contributed by atoms with Crippen LogP contribution in [0.4, 0.5) is 5.69 Å². The lowest BCUT2D eigenvalue weighted by Crippen LogP contribution is -2.36. The monoisotopic (exact) mass is 304 g/mol. The van der Waals surface area contributed by atoms with Gasteiger partial charge in [-0.05, 0) is 36.4 Å². The van der Waals surface area contributed by atoms with Gasteiger partial charge in [-0.15, -0.1) is 0 Å². The summed E-state index contributed by atoms with van der Waals surface area (Å²) in [7, 11) is 0. The molecule has 2 rings (SSSR count). The number of aromatic nitrogens is 1. The fraction of sp³-hybridized carbons (Fsp3) is 0.133. The van der Waals surface area contributed by atoms with Crippen LogP contribution in [0.5, 0.6) is 0 Å². The molecule has 1 aromatic heterocycles. The maximum atomic E-state index is 12.3. The zero-order chi connectivity index (χ0) is 15.2. The molecular formula is C15H13ClN2O3. The van der Waals surface area contributed by atoms with Crippen molar-refractivity contribution in [2.45, 2.75) is 6.42 Å². The second kappa shape index (κ2) is 6.85. The third kappa shape index (κ3) is 4.29. The summed E-state index contributed by atoms with van der Waals surface area (Å²) in [6.45, 7) is -0.409. The average Bonchev–Trinajstić information content (AvgIpc) is 2.46. The van der Waals surface area contributed by atoms with Gasteiger partial charge in [0.1, 0.15) is 6.54 Å². The molecule has 0 saturated carbocycles. The SMILES string of the molecule is O=C(O)CN(C(=O)Cc1ccccn1)c1ccc(Cl)cc1. The zero-order valence-corrected chi connectivity index (χ0v) is 11.8. The molecule has 0 spiro atoms. The molecule has 1 heterocycles. The van der Waals surface area contributed by atoms with E-state index in [1.165, 1.54) is 4.90 Å². The highest BCUT2D eigenvalue weighted by atomic mass is 35.5. The minimum absolute atomic E-state index is 0.0384. The van der Waals surface area contributed by atoms with E-state index in [1.54, 1.807) is 48.7 Å². The number of pyridine rings is 1. The standard InChI is InChI=1S/C15H13ClN2O3/c16-11-4-6-13(7-5-11)18(10-15(20)21)14(19)9-12-3-1-2-8-17-12/h1-8H,9-10H2,(H,20,21). The summed E-state index contributed by atoms with van der Waals surface area (Å²) in [4.78, 5) is 28.6. The second-order valence-electron chi connectivity index (χ2n) is 4.35. The van der Waals surface area contributed by atoms with Gasteiger partial charge in [0, 0.05) is 22.6 Å². The Hall–Kier alpha value is -2.40. The van der Waals surface area contributed by atoms with Crippen LogP contribution in [0.25, 0.3) is 0 Å². The normalized spacial score (nSPS) is 10.1. The predicted octanol–water partition coefficient (Wildman–Crippen LogP) is 2.40. The minimum Gasteiger partial charge on any atom is -0.480 e. The van der Waals surface area contributed by atoms with Crippen molar-refractivity contribution in [3.8, 4) is 0 Å². The van der Waals surface area contributed by atoms with E-state index in [0.717, 1.165) is 0 Å². The maximum Gasteiger partial charge on any atom is 0.323 e. The van der Waals surface area contributed by atoms with E-state index in [0.29, 0.717) is 16.4 Å². The number of carbonyl (C=O) groups excluding carboxylic acids is 1. The fourth-order valence-electron chi connectivity index (χ4n) is 1.83. The largest absolute Gasteiger partial charge is 0.480 e. The fourth-order valence-corrected chi connectivity index (χ4v) is 1.96. The third-order valence-corrected chi connectivity index (χ3v) is 3.04. The molecule has 5 nitrogen and oxygen atoms in total. The summed E-state index contributed by atoms with van der Waals surface area (Å²) in [5.74, 6) is -1.42. The van der Waals surface area contributed by atoms with E-state index in [4.69, 9.17) is 16.7 Å². The number of nitrogens with zero attached hydrogens (tertiary/aromatic N) is 2. The van der Waals surface area contributed by atoms with Crippen LogP contribution in [0.15, 0.2) is 48.7 Å². The van der Waals surface area contributed by atoms with Crippen molar-refractivity contribution in [2.75, 3.05) is 11.4 Å². The van der Waals surface area contributed by atoms with E-state index in [-0.39, 0.29) is 12.3 Å². The average molecular weight is 305 g/mol. The second-order valence-corrected chi connectivity index (χ2v) is 4.78. The minimum atomic E-state index is -1.08. The number of halogens is 1. The first-order chi connectivity index (χ1) is 10.1. The smallest absolute Gasteiger partial charge is 0.323 e. The highest BCUT2D eigenvalue weighted by Gasteiger charge is 2.19. The van der Waals surface area contributed by atoms with E-state index in [1.807, 2.05) is 0 Å². The van der Waals surface area contributed by atoms with Crippen LogP contribution < -0.4 is 4.90 Å². The van der Waals surface area contributed by atoms with Crippen LogP contribution in [0.2, 0.25) is 5.02 Å². The summed E-state index contributed by atoms with van der Waals surface area (Å²) in [5, 5.41) is 9.50. The first kappa shape index (κ1) is 15.0. The van der Waals surface area contributed by atoms with Gasteiger partial charge in [-0.1, -0.05) is 17.7 Å². The van der Waals surface area contributed by atoms with E-state index in [9.17, 15) is 9.59 Å². The number of anilines is 1. The van der Waals surface area contributed by atoms with Gasteiger partial charge in [0.05, 0.1) is 6.42 Å². The van der Waals surface area contributed by atoms with Gasteiger partial charge in [0.25, 0.3) is 0 Å². The van der Waals surface area contributed by atoms with E-state index < -0.39 is 12.5 Å². The Morgan fingerprint density at radius 3 is 2.43 bits per heavy atom. The van der Waals surface area contributed by atoms with E-state index in [2.05, 4.69) is 4.98 Å². The Balaban J connectivity index is 2.21. The lowest BCUT2D eigenvalue weighted by Gasteiger charge is -2.20. The maximum absolute atomic E-state index is 12.3. The van der Waals surface area contributed by atoms with Gasteiger partial charge in [0.15, 0.2) is 0 Å². The topological polar surface area (TPSA) is 70.5 Å². The number of carbonyl (C=O) groups is 2. The number of benzene rings is 1. The van der Waals surface area contributed by atoms with Crippen molar-refractivity contribution in [1.82, 2.24) is 4.98 Å². The van der Waals surface area contributed by atoms with Gasteiger partial charge < -0.3 is 10.0 Å². The van der Waals surface area contributed by atoms with Crippen LogP contribution in [-0.4, -0.2) is 28.5 Å². The van der Waals surface area contributed by atoms with Crippen molar-refractivity contribution in [3.63, 3.8) is 0 Å². The quantitative estimate of drug-likeness (QED) is 0.921. The van der Waals surface area contributed by atoms with Gasteiger partial charge in [-0.25, -0.2) is 0 Å². The number of hydrogen-bond donors (Lipinski definition) is 1. The number of aliphatic carboxylic acids is 1. The molecule has 0 saturated heterocycles. The van der Waals surface area contributed by atoms with Gasteiger partial charge in [-0.2, -0.15) is 0 Å². The van der Waals surface area contributed by atoms with Crippen molar-refractivity contribution in [2.24, 2.45) is 0 Å². The molecular weight excluding hydrogens is 292 g/mol. The highest BCUT2D eigenvalue weighted by molar-refractivity contribution is 6.30. The molecule has 1 N–H and O–H groups in total. The molecule has 0 radical (unpaired) electrons. The first-order valence-electron chi connectivity index (χ1n) is 6.24. The number of amides is 1. The van der Waals surface area contributed by atoms with Crippen LogP contribution in [-0.2, 0) is 16.0 Å². The lowest BCUT2D eigenvalue weighted by atomic mass is 10.2. The molecule has 21 heavy (non-hydrogen) atoms. The Labute approximate surface area is 126 Å². The Bertz CT molecular complexity index is 629. The third-order valence-electron chi connectivity index (χ3n) is 2.79. The lowest BCUT2D eigenvalue weighted by molar-refractivity contribution is -0.136. The number of hydrogen-bond acceptors (Lipinski definition) is 3. The molecule has 108 valence electrons. The summed E-state index contributed by atoms with van der Waals surface area (Å²) >= 11 is 5.80. The Morgan fingerprint density at radius 2 is 1.86 bits per heavy atom. The van der Waals surface area contributed by atoms with Crippen molar-refractivity contribution in [1.29, 1.82) is 0 Å². The van der Waals surface area contributed by atoms with Gasteiger partial charge in [-0.3, -0.25) is 14.6 Å². The zero-order valence-electron chi connectivity index (χ0n) is 11.1. The van der Waals surface area contributed by atoms with E-state index >= 15 is 0 Å². The number of carboxylic acids is 1. The van der Waals surface area contributed by atoms with Crippen molar-refractivity contribution in [3.05, 3.63) is 59.4 Å².